The van der Waals surface area contributed by atoms with Gasteiger partial charge in [-0.05, 0) is 22.4 Å². The van der Waals surface area contributed by atoms with Gasteiger partial charge in [0.05, 0.1) is 13.2 Å². The number of nitrogen functional groups attached to an aromatic ring is 1. The summed E-state index contributed by atoms with van der Waals surface area (Å²) in [7, 11) is 1.65. The van der Waals surface area contributed by atoms with Gasteiger partial charge in [-0.25, -0.2) is 4.68 Å². The lowest BCUT2D eigenvalue weighted by Crippen LogP contribution is -2.07. The van der Waals surface area contributed by atoms with Crippen molar-refractivity contribution in [3.05, 3.63) is 4.73 Å². The van der Waals surface area contributed by atoms with Gasteiger partial charge in [-0.1, -0.05) is 0 Å². The highest BCUT2D eigenvalue weighted by molar-refractivity contribution is 9.10. The molecule has 2 N–H and O–H groups in total. The lowest BCUT2D eigenvalue weighted by molar-refractivity contribution is 0.0676. The fraction of sp³-hybridized carbons (Fsp3) is 0.750. The minimum Gasteiger partial charge on any atom is -0.382 e. The van der Waals surface area contributed by atoms with Crippen LogP contribution in [0.25, 0.3) is 0 Å². The molecule has 0 fully saturated rings. The number of hydrogen-bond donors (Lipinski definition) is 1. The topological polar surface area (TPSA) is 75.2 Å². The molecule has 1 rings (SSSR count). The normalized spacial score (nSPS) is 10.8. The third-order valence-corrected chi connectivity index (χ3v) is 2.32. The first kappa shape index (κ1) is 12.4. The fourth-order valence-corrected chi connectivity index (χ4v) is 1.48. The molecule has 0 amide bonds. The van der Waals surface area contributed by atoms with E-state index in [9.17, 15) is 0 Å². The summed E-state index contributed by atoms with van der Waals surface area (Å²) in [5.74, 6) is 0.280. The van der Waals surface area contributed by atoms with Gasteiger partial charge in [-0.15, -0.1) is 5.10 Å². The van der Waals surface area contributed by atoms with Crippen molar-refractivity contribution < 1.29 is 9.47 Å². The largest absolute Gasteiger partial charge is 0.382 e. The van der Waals surface area contributed by atoms with Crippen LogP contribution in [0.1, 0.15) is 6.42 Å². The number of rotatable bonds is 7. The van der Waals surface area contributed by atoms with Crippen molar-refractivity contribution in [1.82, 2.24) is 14.8 Å². The molecule has 15 heavy (non-hydrogen) atoms. The zero-order valence-corrected chi connectivity index (χ0v) is 10.2. The van der Waals surface area contributed by atoms with Crippen LogP contribution in [0.4, 0.5) is 5.95 Å². The Hall–Kier alpha value is -0.660. The van der Waals surface area contributed by atoms with Crippen molar-refractivity contribution >= 4 is 21.9 Å². The van der Waals surface area contributed by atoms with Gasteiger partial charge in [0.2, 0.25) is 5.95 Å². The molecular weight excluding hydrogens is 264 g/mol. The van der Waals surface area contributed by atoms with Crippen molar-refractivity contribution in [2.24, 2.45) is 0 Å². The number of ether oxygens (including phenoxy) is 2. The summed E-state index contributed by atoms with van der Waals surface area (Å²) in [6, 6.07) is 0. The smallest absolute Gasteiger partial charge is 0.240 e. The summed E-state index contributed by atoms with van der Waals surface area (Å²) in [4.78, 5) is 3.92. The molecule has 0 unspecified atom stereocenters. The molecule has 0 radical (unpaired) electrons. The highest BCUT2D eigenvalue weighted by Gasteiger charge is 2.03. The Morgan fingerprint density at radius 2 is 2.20 bits per heavy atom. The summed E-state index contributed by atoms with van der Waals surface area (Å²) >= 11 is 3.26. The molecule has 0 aliphatic carbocycles. The number of nitrogens with zero attached hydrogens (tertiary/aromatic N) is 3. The summed E-state index contributed by atoms with van der Waals surface area (Å²) in [6.45, 7) is 2.66. The summed E-state index contributed by atoms with van der Waals surface area (Å²) in [5.41, 5.74) is 5.43. The number of aromatic nitrogens is 3. The van der Waals surface area contributed by atoms with Crippen LogP contribution in [0, 0.1) is 0 Å². The van der Waals surface area contributed by atoms with E-state index in [1.807, 2.05) is 0 Å². The molecule has 7 heteroatoms. The van der Waals surface area contributed by atoms with Gasteiger partial charge in [-0.2, -0.15) is 4.98 Å². The molecule has 1 aromatic heterocycles. The maximum Gasteiger partial charge on any atom is 0.240 e. The minimum absolute atomic E-state index is 0.280. The first-order valence-electron chi connectivity index (χ1n) is 4.66. The van der Waals surface area contributed by atoms with E-state index in [1.165, 1.54) is 0 Å². The number of anilines is 1. The van der Waals surface area contributed by atoms with Gasteiger partial charge in [0.15, 0.2) is 4.73 Å². The van der Waals surface area contributed by atoms with Gasteiger partial charge < -0.3 is 15.2 Å². The van der Waals surface area contributed by atoms with Crippen molar-refractivity contribution in [3.63, 3.8) is 0 Å². The van der Waals surface area contributed by atoms with Crippen molar-refractivity contribution in [3.8, 4) is 0 Å². The molecule has 0 saturated heterocycles. The highest BCUT2D eigenvalue weighted by Crippen LogP contribution is 2.08. The number of hydrogen-bond acceptors (Lipinski definition) is 5. The molecule has 0 aliphatic heterocycles. The first-order chi connectivity index (χ1) is 7.24. The molecular formula is C8H15BrN4O2. The van der Waals surface area contributed by atoms with E-state index in [4.69, 9.17) is 15.2 Å². The predicted octanol–water partition coefficient (Wildman–Crippen LogP) is 0.676. The number of halogens is 1. The van der Waals surface area contributed by atoms with E-state index in [2.05, 4.69) is 26.0 Å². The van der Waals surface area contributed by atoms with Crippen LogP contribution in [-0.4, -0.2) is 41.7 Å². The van der Waals surface area contributed by atoms with Crippen molar-refractivity contribution in [1.29, 1.82) is 0 Å². The Balaban J connectivity index is 2.12. The second kappa shape index (κ2) is 6.76. The molecule has 0 bridgehead atoms. The van der Waals surface area contributed by atoms with Gasteiger partial charge in [0.1, 0.15) is 0 Å². The number of aryl methyl sites for hydroxylation is 1. The molecule has 86 valence electrons. The standard InChI is InChI=1S/C8H15BrN4O2/c1-14-5-6-15-4-2-3-13-7(9)11-8(10)12-13/h2-6H2,1H3,(H2,10,12). The van der Waals surface area contributed by atoms with Gasteiger partial charge in [0.25, 0.3) is 0 Å². The predicted molar refractivity (Wildman–Crippen MR) is 59.4 cm³/mol. The maximum absolute atomic E-state index is 5.43. The Kier molecular flexibility index (Phi) is 5.59. The lowest BCUT2D eigenvalue weighted by atomic mass is 10.4. The van der Waals surface area contributed by atoms with E-state index >= 15 is 0 Å². The zero-order valence-electron chi connectivity index (χ0n) is 8.65. The van der Waals surface area contributed by atoms with Crippen LogP contribution in [-0.2, 0) is 16.0 Å². The van der Waals surface area contributed by atoms with Crippen LogP contribution in [0.3, 0.4) is 0 Å². The summed E-state index contributed by atoms with van der Waals surface area (Å²) in [6.07, 6.45) is 0.866. The van der Waals surface area contributed by atoms with E-state index in [0.717, 1.165) is 13.0 Å². The molecule has 1 heterocycles. The second-order valence-corrected chi connectivity index (χ2v) is 3.63. The zero-order chi connectivity index (χ0) is 11.1. The SMILES string of the molecule is COCCOCCCn1nc(N)nc1Br. The van der Waals surface area contributed by atoms with E-state index in [0.29, 0.717) is 24.6 Å². The molecule has 6 nitrogen and oxygen atoms in total. The van der Waals surface area contributed by atoms with E-state index in [-0.39, 0.29) is 5.95 Å². The molecule has 0 aromatic carbocycles. The molecule has 0 spiro atoms. The number of methoxy groups -OCH3 is 1. The molecule has 0 saturated carbocycles. The molecule has 0 aliphatic rings. The van der Waals surface area contributed by atoms with Gasteiger partial charge in [0, 0.05) is 20.3 Å². The quantitative estimate of drug-likeness (QED) is 0.743. The first-order valence-corrected chi connectivity index (χ1v) is 5.46. The Morgan fingerprint density at radius 1 is 1.40 bits per heavy atom. The third kappa shape index (κ3) is 4.59. The monoisotopic (exact) mass is 278 g/mol. The maximum atomic E-state index is 5.43. The number of nitrogens with two attached hydrogens (primary N) is 1. The fourth-order valence-electron chi connectivity index (χ4n) is 1.04. The average molecular weight is 279 g/mol. The summed E-state index contributed by atoms with van der Waals surface area (Å²) < 4.78 is 12.5. The average Bonchev–Trinajstić information content (AvgIpc) is 2.51. The van der Waals surface area contributed by atoms with Crippen LogP contribution in [0.15, 0.2) is 4.73 Å². The van der Waals surface area contributed by atoms with E-state index in [1.54, 1.807) is 11.8 Å². The Bertz CT molecular complexity index is 292. The Labute approximate surface area is 96.9 Å². The third-order valence-electron chi connectivity index (χ3n) is 1.73. The van der Waals surface area contributed by atoms with Crippen molar-refractivity contribution in [2.75, 3.05) is 32.7 Å². The summed E-state index contributed by atoms with van der Waals surface area (Å²) in [5, 5.41) is 4.00. The van der Waals surface area contributed by atoms with Crippen LogP contribution in [0.5, 0.6) is 0 Å². The van der Waals surface area contributed by atoms with Crippen molar-refractivity contribution in [2.45, 2.75) is 13.0 Å². The van der Waals surface area contributed by atoms with Gasteiger partial charge in [-0.3, -0.25) is 0 Å². The Morgan fingerprint density at radius 3 is 2.80 bits per heavy atom. The van der Waals surface area contributed by atoms with Crippen LogP contribution in [0.2, 0.25) is 0 Å². The van der Waals surface area contributed by atoms with E-state index < -0.39 is 0 Å². The second-order valence-electron chi connectivity index (χ2n) is 2.92. The molecule has 1 aromatic rings. The highest BCUT2D eigenvalue weighted by atomic mass is 79.9. The van der Waals surface area contributed by atoms with Crippen LogP contribution < -0.4 is 5.73 Å². The van der Waals surface area contributed by atoms with Crippen LogP contribution >= 0.6 is 15.9 Å². The van der Waals surface area contributed by atoms with Gasteiger partial charge >= 0.3 is 0 Å². The minimum atomic E-state index is 0.280. The lowest BCUT2D eigenvalue weighted by Gasteiger charge is -2.03. The molecule has 0 atom stereocenters.